The molecule has 25 heavy (non-hydrogen) atoms. The zero-order chi connectivity index (χ0) is 21.1. The maximum absolute atomic E-state index is 13.1. The van der Waals surface area contributed by atoms with E-state index in [4.69, 9.17) is 0 Å². The maximum Gasteiger partial charge on any atom is 0.438 e. The second kappa shape index (κ2) is 5.46. The zero-order valence-corrected chi connectivity index (χ0v) is 10.5. The summed E-state index contributed by atoms with van der Waals surface area (Å²) in [6.45, 7) is 0. The molecule has 0 bridgehead atoms. The van der Waals surface area contributed by atoms with E-state index in [0.29, 0.717) is 0 Å². The molecule has 0 N–H and O–H groups in total. The molecule has 0 aromatic rings. The third kappa shape index (κ3) is 2.74. The zero-order valence-electron chi connectivity index (χ0n) is 10.5. The van der Waals surface area contributed by atoms with Gasteiger partial charge >= 0.3 is 41.7 Å². The van der Waals surface area contributed by atoms with Crippen LogP contribution in [0.25, 0.3) is 0 Å². The molecule has 0 heterocycles. The van der Waals surface area contributed by atoms with Crippen LogP contribution in [0.2, 0.25) is 0 Å². The summed E-state index contributed by atoms with van der Waals surface area (Å²) in [5.41, 5.74) is -16.3. The van der Waals surface area contributed by atoms with Gasteiger partial charge in [-0.2, -0.15) is 57.1 Å². The van der Waals surface area contributed by atoms with E-state index >= 15 is 0 Å². The summed E-state index contributed by atoms with van der Waals surface area (Å²) in [6.07, 6.45) is -23.8. The van der Waals surface area contributed by atoms with Gasteiger partial charge in [-0.15, -0.1) is 0 Å². The summed E-state index contributed by atoms with van der Waals surface area (Å²) in [4.78, 5) is 9.88. The van der Waals surface area contributed by atoms with Gasteiger partial charge in [0.1, 0.15) is 0 Å². The van der Waals surface area contributed by atoms with Gasteiger partial charge in [0.05, 0.1) is 5.97 Å². The first-order valence-corrected chi connectivity index (χ1v) is 4.99. The molecule has 1 unspecified atom stereocenters. The number of carbonyl (C=O) groups is 1. The van der Waals surface area contributed by atoms with E-state index < -0.39 is 47.7 Å². The molecule has 17 heteroatoms. The SMILES string of the molecule is O=C([O-])C(F)(C(F)(F)F)C(F)(F)C(F)(F)C(F)(C(F)(F)F)C(F)(F)F. The largest absolute Gasteiger partial charge is 0.546 e. The maximum atomic E-state index is 13.1. The van der Waals surface area contributed by atoms with Crippen molar-refractivity contribution in [2.75, 3.05) is 0 Å². The normalized spacial score (nSPS) is 18.0. The molecule has 0 rings (SSSR count). The lowest BCUT2D eigenvalue weighted by Gasteiger charge is -2.44. The van der Waals surface area contributed by atoms with E-state index in [1.807, 2.05) is 0 Å². The number of hydrogen-bond donors (Lipinski definition) is 0. The Bertz CT molecular complexity index is 511. The smallest absolute Gasteiger partial charge is 0.438 e. The Hall–Kier alpha value is -1.58. The first-order valence-electron chi connectivity index (χ1n) is 4.99. The number of aliphatic carboxylic acids is 1. The standard InChI is InChI=1S/C8HF15O2/c9-2(1(24)25,6(15,16)17)4(11,12)5(13,14)3(10,7(18,19)20)8(21,22)23/h(H,24,25)/p-1. The Morgan fingerprint density at radius 2 is 0.800 bits per heavy atom. The van der Waals surface area contributed by atoms with Crippen molar-refractivity contribution in [3.05, 3.63) is 0 Å². The minimum atomic E-state index is -8.62. The lowest BCUT2D eigenvalue weighted by molar-refractivity contribution is -0.455. The fraction of sp³-hybridized carbons (Fsp3) is 0.875. The Morgan fingerprint density at radius 3 is 0.960 bits per heavy atom. The average Bonchev–Trinajstić information content (AvgIpc) is 2.31. The third-order valence-electron chi connectivity index (χ3n) is 2.71. The average molecular weight is 413 g/mol. The fourth-order valence-electron chi connectivity index (χ4n) is 1.37. The summed E-state index contributed by atoms with van der Waals surface area (Å²) < 4.78 is 187. The first kappa shape index (κ1) is 23.4. The van der Waals surface area contributed by atoms with Crippen LogP contribution in [0.1, 0.15) is 0 Å². The highest BCUT2D eigenvalue weighted by Gasteiger charge is 2.95. The molecule has 0 fully saturated rings. The van der Waals surface area contributed by atoms with Crippen molar-refractivity contribution in [1.82, 2.24) is 0 Å². The van der Waals surface area contributed by atoms with Crippen LogP contribution in [-0.4, -0.2) is 47.7 Å². The summed E-state index contributed by atoms with van der Waals surface area (Å²) in [7, 11) is 0. The first-order chi connectivity index (χ1) is 10.4. The minimum Gasteiger partial charge on any atom is -0.546 e. The summed E-state index contributed by atoms with van der Waals surface area (Å²) >= 11 is 0. The molecule has 1 atom stereocenters. The van der Waals surface area contributed by atoms with E-state index in [9.17, 15) is 75.8 Å². The molecule has 0 aliphatic carbocycles. The van der Waals surface area contributed by atoms with Crippen molar-refractivity contribution in [3.8, 4) is 0 Å². The molecule has 2 nitrogen and oxygen atoms in total. The second-order valence-corrected chi connectivity index (χ2v) is 4.25. The van der Waals surface area contributed by atoms with E-state index in [2.05, 4.69) is 0 Å². The van der Waals surface area contributed by atoms with Crippen molar-refractivity contribution in [1.29, 1.82) is 0 Å². The molecule has 0 saturated carbocycles. The van der Waals surface area contributed by atoms with E-state index in [1.54, 1.807) is 0 Å². The molecular weight excluding hydrogens is 413 g/mol. The highest BCUT2D eigenvalue weighted by atomic mass is 19.4. The molecule has 0 spiro atoms. The Morgan fingerprint density at radius 1 is 0.520 bits per heavy atom. The monoisotopic (exact) mass is 413 g/mol. The Balaban J connectivity index is 6.99. The van der Waals surface area contributed by atoms with Crippen molar-refractivity contribution >= 4 is 5.97 Å². The van der Waals surface area contributed by atoms with Crippen LogP contribution in [0.15, 0.2) is 0 Å². The summed E-state index contributed by atoms with van der Waals surface area (Å²) in [5.74, 6) is -22.0. The molecule has 0 aliphatic heterocycles. The van der Waals surface area contributed by atoms with Gasteiger partial charge in [0.15, 0.2) is 0 Å². The number of carboxylic acid groups (broad SMARTS) is 1. The van der Waals surface area contributed by atoms with Crippen LogP contribution in [0.3, 0.4) is 0 Å². The number of carbonyl (C=O) groups excluding carboxylic acids is 1. The Kier molecular flexibility index (Phi) is 5.11. The number of alkyl halides is 15. The van der Waals surface area contributed by atoms with Crippen molar-refractivity contribution in [2.45, 2.75) is 41.7 Å². The predicted octanol–water partition coefficient (Wildman–Crippen LogP) is 3.11. The lowest BCUT2D eigenvalue weighted by Crippen LogP contribution is -2.78. The van der Waals surface area contributed by atoms with E-state index in [-0.39, 0.29) is 0 Å². The van der Waals surface area contributed by atoms with Crippen LogP contribution in [0.4, 0.5) is 65.9 Å². The van der Waals surface area contributed by atoms with Gasteiger partial charge in [0.2, 0.25) is 0 Å². The van der Waals surface area contributed by atoms with Crippen LogP contribution < -0.4 is 5.11 Å². The molecular formula is C8F15O2-. The molecule has 150 valence electrons. The van der Waals surface area contributed by atoms with Gasteiger partial charge < -0.3 is 9.90 Å². The summed E-state index contributed by atoms with van der Waals surface area (Å²) in [5, 5.41) is 9.88. The third-order valence-corrected chi connectivity index (χ3v) is 2.71. The number of carboxylic acids is 1. The molecule has 0 amide bonds. The van der Waals surface area contributed by atoms with Gasteiger partial charge in [-0.25, -0.2) is 8.78 Å². The fourth-order valence-corrected chi connectivity index (χ4v) is 1.37. The van der Waals surface area contributed by atoms with Crippen LogP contribution >= 0.6 is 0 Å². The van der Waals surface area contributed by atoms with Gasteiger partial charge in [0.25, 0.3) is 0 Å². The van der Waals surface area contributed by atoms with E-state index in [1.165, 1.54) is 0 Å². The van der Waals surface area contributed by atoms with Crippen molar-refractivity contribution in [2.24, 2.45) is 0 Å². The van der Waals surface area contributed by atoms with Crippen LogP contribution in [0.5, 0.6) is 0 Å². The van der Waals surface area contributed by atoms with E-state index in [0.717, 1.165) is 0 Å². The quantitative estimate of drug-likeness (QED) is 0.665. The highest BCUT2D eigenvalue weighted by Crippen LogP contribution is 2.63. The topological polar surface area (TPSA) is 40.1 Å². The van der Waals surface area contributed by atoms with Gasteiger partial charge in [-0.1, -0.05) is 0 Å². The van der Waals surface area contributed by atoms with Crippen molar-refractivity contribution < 1.29 is 75.8 Å². The molecule has 0 radical (unpaired) electrons. The van der Waals surface area contributed by atoms with Gasteiger partial charge in [0, 0.05) is 0 Å². The molecule has 0 saturated heterocycles. The molecule has 0 aliphatic rings. The number of hydrogen-bond acceptors (Lipinski definition) is 2. The lowest BCUT2D eigenvalue weighted by atomic mass is 9.82. The minimum absolute atomic E-state index is 4.88. The van der Waals surface area contributed by atoms with Gasteiger partial charge in [-0.3, -0.25) is 0 Å². The van der Waals surface area contributed by atoms with Gasteiger partial charge in [-0.05, 0) is 0 Å². The van der Waals surface area contributed by atoms with Crippen LogP contribution in [-0.2, 0) is 4.79 Å². The molecule has 0 aromatic heterocycles. The number of rotatable bonds is 4. The predicted molar refractivity (Wildman–Crippen MR) is 40.7 cm³/mol. The summed E-state index contributed by atoms with van der Waals surface area (Å²) in [6, 6.07) is 0. The highest BCUT2D eigenvalue weighted by molar-refractivity contribution is 5.78. The van der Waals surface area contributed by atoms with Crippen LogP contribution in [0, 0.1) is 0 Å². The Labute approximate surface area is 125 Å². The van der Waals surface area contributed by atoms with Crippen molar-refractivity contribution in [3.63, 3.8) is 0 Å². The molecule has 0 aromatic carbocycles. The number of halogens is 15. The second-order valence-electron chi connectivity index (χ2n) is 4.25.